The molecule has 0 heterocycles. The molecule has 0 saturated heterocycles. The minimum atomic E-state index is -0.332. The summed E-state index contributed by atoms with van der Waals surface area (Å²) >= 11 is 0. The van der Waals surface area contributed by atoms with E-state index in [1.54, 1.807) is 0 Å². The molecule has 3 nitrogen and oxygen atoms in total. The van der Waals surface area contributed by atoms with E-state index >= 15 is 0 Å². The number of ketones is 1. The van der Waals surface area contributed by atoms with Crippen LogP contribution in [0.1, 0.15) is 81.1 Å². The molecule has 0 saturated carbocycles. The molecule has 0 amide bonds. The normalized spacial score (nSPS) is 13.7. The number of aliphatic hydroxyl groups excluding tert-OH is 1. The van der Waals surface area contributed by atoms with E-state index in [2.05, 4.69) is 6.92 Å². The van der Waals surface area contributed by atoms with E-state index in [9.17, 15) is 4.79 Å². The molecule has 1 atom stereocenters. The summed E-state index contributed by atoms with van der Waals surface area (Å²) in [5, 5.41) is 9.00. The van der Waals surface area contributed by atoms with Gasteiger partial charge in [0.2, 0.25) is 0 Å². The van der Waals surface area contributed by atoms with Crippen molar-refractivity contribution in [3.63, 3.8) is 0 Å². The molecule has 0 spiro atoms. The van der Waals surface area contributed by atoms with Crippen LogP contribution in [-0.4, -0.2) is 23.0 Å². The molecular weight excluding hydrogens is 286 g/mol. The summed E-state index contributed by atoms with van der Waals surface area (Å²) in [5.41, 5.74) is 7.81. The summed E-state index contributed by atoms with van der Waals surface area (Å²) in [6, 6.07) is 7.92. The summed E-state index contributed by atoms with van der Waals surface area (Å²) in [5.74, 6) is 0.247. The Hall–Kier alpha value is -1.19. The number of benzene rings is 1. The molecule has 0 aliphatic carbocycles. The Labute approximate surface area is 141 Å². The van der Waals surface area contributed by atoms with Gasteiger partial charge in [-0.3, -0.25) is 4.79 Å². The number of unbranched alkanes of at least 4 members (excludes halogenated alkanes) is 4. The number of carbonyl (C=O) groups excluding carboxylic acids is 1. The van der Waals surface area contributed by atoms with Crippen molar-refractivity contribution in [2.24, 2.45) is 5.73 Å². The van der Waals surface area contributed by atoms with E-state index in [0.29, 0.717) is 12.8 Å². The van der Waals surface area contributed by atoms with E-state index in [0.717, 1.165) is 31.2 Å². The topological polar surface area (TPSA) is 63.3 Å². The molecule has 1 aromatic rings. The number of aliphatic hydroxyl groups is 1. The summed E-state index contributed by atoms with van der Waals surface area (Å²) in [7, 11) is 0. The largest absolute Gasteiger partial charge is 0.396 e. The number of carbonyl (C=O) groups is 1. The summed E-state index contributed by atoms with van der Waals surface area (Å²) in [6.45, 7) is 4.29. The van der Waals surface area contributed by atoms with Gasteiger partial charge in [0.1, 0.15) is 0 Å². The predicted molar refractivity (Wildman–Crippen MR) is 96.8 cm³/mol. The Balaban J connectivity index is 2.39. The van der Waals surface area contributed by atoms with E-state index in [-0.39, 0.29) is 17.9 Å². The maximum Gasteiger partial charge on any atom is 0.162 e. The summed E-state index contributed by atoms with van der Waals surface area (Å²) in [6.07, 6.45) is 8.84. The third-order valence-electron chi connectivity index (χ3n) is 4.45. The zero-order chi connectivity index (χ0) is 17.1. The maximum absolute atomic E-state index is 12.1. The lowest BCUT2D eigenvalue weighted by molar-refractivity contribution is 0.0979. The molecule has 23 heavy (non-hydrogen) atoms. The highest BCUT2D eigenvalue weighted by Crippen LogP contribution is 2.16. The Morgan fingerprint density at radius 2 is 1.74 bits per heavy atom. The lowest BCUT2D eigenvalue weighted by atomic mass is 9.91. The highest BCUT2D eigenvalue weighted by Gasteiger charge is 2.17. The highest BCUT2D eigenvalue weighted by molar-refractivity contribution is 5.96. The van der Waals surface area contributed by atoms with E-state index < -0.39 is 0 Å². The van der Waals surface area contributed by atoms with Crippen LogP contribution in [0.25, 0.3) is 0 Å². The van der Waals surface area contributed by atoms with Gasteiger partial charge >= 0.3 is 0 Å². The SMILES string of the molecule is CCCCCCCC(=O)c1ccc(CCC(C)(N)CCO)cc1. The monoisotopic (exact) mass is 319 g/mol. The number of hydrogen-bond donors (Lipinski definition) is 2. The quantitative estimate of drug-likeness (QED) is 0.447. The molecule has 0 radical (unpaired) electrons. The van der Waals surface area contributed by atoms with Crippen LogP contribution in [0.5, 0.6) is 0 Å². The number of aryl methyl sites for hydroxylation is 1. The Morgan fingerprint density at radius 3 is 2.35 bits per heavy atom. The molecule has 0 bridgehead atoms. The Kier molecular flexibility index (Phi) is 9.12. The fourth-order valence-corrected chi connectivity index (χ4v) is 2.70. The average molecular weight is 319 g/mol. The first-order valence-electron chi connectivity index (χ1n) is 9.00. The summed E-state index contributed by atoms with van der Waals surface area (Å²) in [4.78, 5) is 12.1. The van der Waals surface area contributed by atoms with Crippen LogP contribution in [-0.2, 0) is 6.42 Å². The van der Waals surface area contributed by atoms with Crippen molar-refractivity contribution in [1.29, 1.82) is 0 Å². The standard InChI is InChI=1S/C20H33NO2/c1-3-4-5-6-7-8-19(23)18-11-9-17(10-12-18)13-14-20(2,21)15-16-22/h9-12,22H,3-8,13-16,21H2,1-2H3. The van der Waals surface area contributed by atoms with Gasteiger partial charge in [0, 0.05) is 24.1 Å². The van der Waals surface area contributed by atoms with Crippen molar-refractivity contribution in [3.05, 3.63) is 35.4 Å². The molecule has 130 valence electrons. The van der Waals surface area contributed by atoms with Gasteiger partial charge < -0.3 is 10.8 Å². The minimum absolute atomic E-state index is 0.124. The molecule has 0 aliphatic heterocycles. The second-order valence-corrected chi connectivity index (χ2v) is 6.91. The second kappa shape index (κ2) is 10.6. The maximum atomic E-state index is 12.1. The number of hydrogen-bond acceptors (Lipinski definition) is 3. The van der Waals surface area contributed by atoms with Gasteiger partial charge in [-0.2, -0.15) is 0 Å². The Morgan fingerprint density at radius 1 is 1.09 bits per heavy atom. The third kappa shape index (κ3) is 8.29. The fourth-order valence-electron chi connectivity index (χ4n) is 2.70. The molecule has 1 unspecified atom stereocenters. The number of rotatable bonds is 12. The van der Waals surface area contributed by atoms with Crippen molar-refractivity contribution < 1.29 is 9.90 Å². The number of nitrogens with two attached hydrogens (primary N) is 1. The fraction of sp³-hybridized carbons (Fsp3) is 0.650. The van der Waals surface area contributed by atoms with Crippen LogP contribution in [0, 0.1) is 0 Å². The van der Waals surface area contributed by atoms with Crippen LogP contribution in [0.4, 0.5) is 0 Å². The first-order chi connectivity index (χ1) is 11.0. The van der Waals surface area contributed by atoms with Crippen molar-refractivity contribution in [2.75, 3.05) is 6.61 Å². The minimum Gasteiger partial charge on any atom is -0.396 e. The van der Waals surface area contributed by atoms with Gasteiger partial charge in [-0.1, -0.05) is 56.9 Å². The molecule has 0 aromatic heterocycles. The lowest BCUT2D eigenvalue weighted by Crippen LogP contribution is -2.37. The first-order valence-corrected chi connectivity index (χ1v) is 9.00. The van der Waals surface area contributed by atoms with Crippen molar-refractivity contribution in [3.8, 4) is 0 Å². The molecule has 1 rings (SSSR count). The van der Waals surface area contributed by atoms with Gasteiger partial charge in [-0.15, -0.1) is 0 Å². The van der Waals surface area contributed by atoms with Gasteiger partial charge in [-0.05, 0) is 38.2 Å². The number of Topliss-reactive ketones (excluding diaryl/α,β-unsaturated/α-hetero) is 1. The van der Waals surface area contributed by atoms with Crippen LogP contribution in [0.15, 0.2) is 24.3 Å². The van der Waals surface area contributed by atoms with Crippen LogP contribution < -0.4 is 5.73 Å². The van der Waals surface area contributed by atoms with E-state index in [1.807, 2.05) is 31.2 Å². The van der Waals surface area contributed by atoms with Crippen LogP contribution in [0.3, 0.4) is 0 Å². The van der Waals surface area contributed by atoms with Gasteiger partial charge in [0.15, 0.2) is 5.78 Å². The van der Waals surface area contributed by atoms with Crippen molar-refractivity contribution >= 4 is 5.78 Å². The van der Waals surface area contributed by atoms with Crippen LogP contribution in [0.2, 0.25) is 0 Å². The highest BCUT2D eigenvalue weighted by atomic mass is 16.3. The van der Waals surface area contributed by atoms with Crippen LogP contribution >= 0.6 is 0 Å². The Bertz CT molecular complexity index is 451. The van der Waals surface area contributed by atoms with Gasteiger partial charge in [-0.25, -0.2) is 0 Å². The molecule has 0 fully saturated rings. The predicted octanol–water partition coefficient (Wildman–Crippen LogP) is 4.26. The second-order valence-electron chi connectivity index (χ2n) is 6.91. The van der Waals surface area contributed by atoms with Gasteiger partial charge in [0.05, 0.1) is 0 Å². The molecule has 0 aliphatic rings. The summed E-state index contributed by atoms with van der Waals surface area (Å²) < 4.78 is 0. The van der Waals surface area contributed by atoms with E-state index in [1.165, 1.54) is 24.8 Å². The molecule has 3 N–H and O–H groups in total. The smallest absolute Gasteiger partial charge is 0.162 e. The lowest BCUT2D eigenvalue weighted by Gasteiger charge is -2.23. The molecule has 1 aromatic carbocycles. The van der Waals surface area contributed by atoms with E-state index in [4.69, 9.17) is 10.8 Å². The zero-order valence-electron chi connectivity index (χ0n) is 14.8. The first kappa shape index (κ1) is 19.9. The van der Waals surface area contributed by atoms with Crippen molar-refractivity contribution in [1.82, 2.24) is 0 Å². The third-order valence-corrected chi connectivity index (χ3v) is 4.45. The van der Waals surface area contributed by atoms with Gasteiger partial charge in [0.25, 0.3) is 0 Å². The molecule has 3 heteroatoms. The zero-order valence-corrected chi connectivity index (χ0v) is 14.8. The average Bonchev–Trinajstić information content (AvgIpc) is 2.53. The van der Waals surface area contributed by atoms with Crippen molar-refractivity contribution in [2.45, 2.75) is 77.2 Å². The molecular formula is C20H33NO2.